The van der Waals surface area contributed by atoms with Gasteiger partial charge >= 0.3 is 0 Å². The molecule has 0 bridgehead atoms. The standard InChI is InChI=1S/C21H23N3O3/c25-18-8-5-13(9-20(18)27)11-22-16-7-6-14(16)12-23-21-10-19(26)15-3-1-2-4-17(15)24-21/h1-5,8-10,14,16,22,25,27H,6-7,11-12H2,(H2,23,24,26). The Morgan fingerprint density at radius 3 is 2.67 bits per heavy atom. The van der Waals surface area contributed by atoms with Crippen LogP contribution in [0.25, 0.3) is 10.9 Å². The van der Waals surface area contributed by atoms with Crippen molar-refractivity contribution in [3.63, 3.8) is 0 Å². The van der Waals surface area contributed by atoms with E-state index < -0.39 is 0 Å². The zero-order valence-corrected chi connectivity index (χ0v) is 14.9. The van der Waals surface area contributed by atoms with Crippen LogP contribution in [-0.4, -0.2) is 27.8 Å². The second kappa shape index (κ2) is 7.32. The lowest BCUT2D eigenvalue weighted by Gasteiger charge is -2.37. The molecule has 2 atom stereocenters. The molecule has 4 rings (SSSR count). The lowest BCUT2D eigenvalue weighted by Crippen LogP contribution is -2.46. The molecule has 2 aromatic carbocycles. The number of fused-ring (bicyclic) bond motifs is 1. The topological polar surface area (TPSA) is 97.4 Å². The number of aromatic nitrogens is 1. The molecule has 0 radical (unpaired) electrons. The summed E-state index contributed by atoms with van der Waals surface area (Å²) in [5.74, 6) is 1.02. The SMILES string of the molecule is O=c1cc(NCC2CCC2NCc2ccc(O)c(O)c2)[nH]c2ccccc12. The normalized spacial score (nSPS) is 19.0. The highest BCUT2D eigenvalue weighted by atomic mass is 16.3. The molecule has 27 heavy (non-hydrogen) atoms. The number of H-pyrrole nitrogens is 1. The van der Waals surface area contributed by atoms with E-state index >= 15 is 0 Å². The number of pyridine rings is 1. The zero-order valence-electron chi connectivity index (χ0n) is 14.9. The summed E-state index contributed by atoms with van der Waals surface area (Å²) in [6.45, 7) is 1.43. The molecule has 1 saturated carbocycles. The third-order valence-electron chi connectivity index (χ3n) is 5.32. The maximum Gasteiger partial charge on any atom is 0.191 e. The summed E-state index contributed by atoms with van der Waals surface area (Å²) in [5, 5.41) is 26.5. The number of rotatable bonds is 6. The third kappa shape index (κ3) is 3.75. The van der Waals surface area contributed by atoms with E-state index in [4.69, 9.17) is 0 Å². The van der Waals surface area contributed by atoms with Gasteiger partial charge in [-0.15, -0.1) is 0 Å². The number of phenolic OH excluding ortho intramolecular Hbond substituents is 2. The average molecular weight is 365 g/mol. The lowest BCUT2D eigenvalue weighted by atomic mass is 9.79. The van der Waals surface area contributed by atoms with Crippen LogP contribution in [0.4, 0.5) is 5.82 Å². The Morgan fingerprint density at radius 1 is 1.04 bits per heavy atom. The van der Waals surface area contributed by atoms with Crippen LogP contribution in [0.2, 0.25) is 0 Å². The van der Waals surface area contributed by atoms with Gasteiger partial charge in [0.25, 0.3) is 0 Å². The molecular weight excluding hydrogens is 342 g/mol. The van der Waals surface area contributed by atoms with Crippen molar-refractivity contribution in [2.75, 3.05) is 11.9 Å². The molecule has 1 aliphatic carbocycles. The average Bonchev–Trinajstić information content (AvgIpc) is 2.64. The molecule has 0 spiro atoms. The van der Waals surface area contributed by atoms with Gasteiger partial charge in [0.1, 0.15) is 5.82 Å². The van der Waals surface area contributed by atoms with Crippen LogP contribution >= 0.6 is 0 Å². The fourth-order valence-electron chi connectivity index (χ4n) is 3.54. The van der Waals surface area contributed by atoms with Crippen molar-refractivity contribution >= 4 is 16.7 Å². The summed E-state index contributed by atoms with van der Waals surface area (Å²) in [6, 6.07) is 14.4. The first-order chi connectivity index (χ1) is 13.1. The smallest absolute Gasteiger partial charge is 0.191 e. The van der Waals surface area contributed by atoms with E-state index in [1.165, 1.54) is 6.07 Å². The van der Waals surface area contributed by atoms with Crippen LogP contribution in [0.3, 0.4) is 0 Å². The van der Waals surface area contributed by atoms with E-state index in [-0.39, 0.29) is 16.9 Å². The van der Waals surface area contributed by atoms with Gasteiger partial charge in [-0.3, -0.25) is 4.79 Å². The predicted molar refractivity (Wildman–Crippen MR) is 106 cm³/mol. The van der Waals surface area contributed by atoms with Gasteiger partial charge in [0.2, 0.25) is 0 Å². The number of aromatic amines is 1. The molecule has 2 unspecified atom stereocenters. The molecule has 0 amide bonds. The highest BCUT2D eigenvalue weighted by Crippen LogP contribution is 2.29. The molecule has 3 aromatic rings. The Morgan fingerprint density at radius 2 is 1.89 bits per heavy atom. The Balaban J connectivity index is 1.33. The van der Waals surface area contributed by atoms with Crippen molar-refractivity contribution < 1.29 is 10.2 Å². The van der Waals surface area contributed by atoms with Gasteiger partial charge in [-0.2, -0.15) is 0 Å². The molecule has 140 valence electrons. The number of nitrogens with one attached hydrogen (secondary N) is 3. The monoisotopic (exact) mass is 365 g/mol. The molecule has 5 N–H and O–H groups in total. The van der Waals surface area contributed by atoms with Gasteiger partial charge < -0.3 is 25.8 Å². The van der Waals surface area contributed by atoms with E-state index in [1.54, 1.807) is 18.2 Å². The van der Waals surface area contributed by atoms with Crippen molar-refractivity contribution in [1.82, 2.24) is 10.3 Å². The van der Waals surface area contributed by atoms with Crippen molar-refractivity contribution in [3.8, 4) is 11.5 Å². The van der Waals surface area contributed by atoms with Gasteiger partial charge in [-0.1, -0.05) is 18.2 Å². The van der Waals surface area contributed by atoms with E-state index in [0.29, 0.717) is 23.9 Å². The van der Waals surface area contributed by atoms with Crippen molar-refractivity contribution in [1.29, 1.82) is 0 Å². The van der Waals surface area contributed by atoms with Crippen molar-refractivity contribution in [3.05, 3.63) is 64.3 Å². The molecule has 0 aliphatic heterocycles. The van der Waals surface area contributed by atoms with E-state index in [0.717, 1.165) is 36.3 Å². The number of phenols is 2. The minimum atomic E-state index is -0.103. The largest absolute Gasteiger partial charge is 0.504 e. The fourth-order valence-corrected chi connectivity index (χ4v) is 3.54. The Bertz CT molecular complexity index is 1010. The number of para-hydroxylation sites is 1. The second-order valence-corrected chi connectivity index (χ2v) is 7.12. The highest BCUT2D eigenvalue weighted by molar-refractivity contribution is 5.79. The quantitative estimate of drug-likeness (QED) is 0.433. The molecule has 1 aromatic heterocycles. The van der Waals surface area contributed by atoms with Gasteiger partial charge in [0, 0.05) is 30.6 Å². The fraction of sp³-hybridized carbons (Fsp3) is 0.286. The first kappa shape index (κ1) is 17.4. The van der Waals surface area contributed by atoms with Gasteiger partial charge in [0.15, 0.2) is 16.9 Å². The second-order valence-electron chi connectivity index (χ2n) is 7.12. The number of benzene rings is 2. The highest BCUT2D eigenvalue weighted by Gasteiger charge is 2.30. The van der Waals surface area contributed by atoms with Crippen molar-refractivity contribution in [2.24, 2.45) is 5.92 Å². The van der Waals surface area contributed by atoms with E-state index in [9.17, 15) is 15.0 Å². The van der Waals surface area contributed by atoms with Crippen LogP contribution in [-0.2, 0) is 6.54 Å². The summed E-state index contributed by atoms with van der Waals surface area (Å²) in [5.41, 5.74) is 1.79. The maximum absolute atomic E-state index is 12.2. The van der Waals surface area contributed by atoms with Crippen LogP contribution in [0.5, 0.6) is 11.5 Å². The molecule has 6 heteroatoms. The first-order valence-electron chi connectivity index (χ1n) is 9.20. The van der Waals surface area contributed by atoms with Crippen LogP contribution in [0.15, 0.2) is 53.3 Å². The Kier molecular flexibility index (Phi) is 4.73. The molecule has 0 saturated heterocycles. The van der Waals surface area contributed by atoms with E-state index in [2.05, 4.69) is 15.6 Å². The van der Waals surface area contributed by atoms with Gasteiger partial charge in [0.05, 0.1) is 5.52 Å². The van der Waals surface area contributed by atoms with Gasteiger partial charge in [-0.25, -0.2) is 0 Å². The molecule has 1 fully saturated rings. The zero-order chi connectivity index (χ0) is 18.8. The summed E-state index contributed by atoms with van der Waals surface area (Å²) < 4.78 is 0. The van der Waals surface area contributed by atoms with Crippen molar-refractivity contribution in [2.45, 2.75) is 25.4 Å². The molecular formula is C21H23N3O3. The summed E-state index contributed by atoms with van der Waals surface area (Å²) in [6.07, 6.45) is 2.23. The Labute approximate surface area is 156 Å². The minimum Gasteiger partial charge on any atom is -0.504 e. The third-order valence-corrected chi connectivity index (χ3v) is 5.32. The van der Waals surface area contributed by atoms with Crippen LogP contribution in [0, 0.1) is 5.92 Å². The lowest BCUT2D eigenvalue weighted by molar-refractivity contribution is 0.220. The number of aromatic hydroxyl groups is 2. The van der Waals surface area contributed by atoms with Crippen LogP contribution in [0.1, 0.15) is 18.4 Å². The number of hydrogen-bond donors (Lipinski definition) is 5. The number of hydrogen-bond acceptors (Lipinski definition) is 5. The maximum atomic E-state index is 12.2. The summed E-state index contributed by atoms with van der Waals surface area (Å²) in [7, 11) is 0. The first-order valence-corrected chi connectivity index (χ1v) is 9.20. The van der Waals surface area contributed by atoms with E-state index in [1.807, 2.05) is 24.3 Å². The minimum absolute atomic E-state index is 0.0160. The van der Waals surface area contributed by atoms with Gasteiger partial charge in [-0.05, 0) is 48.6 Å². The molecule has 1 aliphatic rings. The Hall–Kier alpha value is -2.99. The predicted octanol–water partition coefficient (Wildman–Crippen LogP) is 2.92. The van der Waals surface area contributed by atoms with Crippen LogP contribution < -0.4 is 16.1 Å². The summed E-state index contributed by atoms with van der Waals surface area (Å²) in [4.78, 5) is 15.5. The molecule has 6 nitrogen and oxygen atoms in total. The molecule has 1 heterocycles. The number of anilines is 1. The summed E-state index contributed by atoms with van der Waals surface area (Å²) >= 11 is 0.